The number of likely N-dealkylation sites (tertiary alicyclic amines) is 1. The van der Waals surface area contributed by atoms with Crippen LogP contribution in [-0.2, 0) is 7.05 Å². The van der Waals surface area contributed by atoms with Gasteiger partial charge >= 0.3 is 0 Å². The second kappa shape index (κ2) is 7.61. The average Bonchev–Trinajstić information content (AvgIpc) is 2.62. The number of carbonyl (C=O) groups is 1. The Morgan fingerprint density at radius 1 is 1.43 bits per heavy atom. The number of hydrogen-bond donors (Lipinski definition) is 3. The van der Waals surface area contributed by atoms with Gasteiger partial charge in [0.2, 0.25) is 0 Å². The number of nitrogens with one attached hydrogen (secondary N) is 1. The van der Waals surface area contributed by atoms with E-state index < -0.39 is 28.9 Å². The SMILES string of the molecule is CCC(N)C1(O)CN(C(=O)c2nn(C)c(=O)cc2Nc2ccc(Br)cc2F)C1. The minimum atomic E-state index is -1.14. The van der Waals surface area contributed by atoms with Crippen LogP contribution in [0.5, 0.6) is 0 Å². The highest BCUT2D eigenvalue weighted by Crippen LogP contribution is 2.29. The number of nitrogens with zero attached hydrogens (tertiary/aromatic N) is 3. The summed E-state index contributed by atoms with van der Waals surface area (Å²) in [7, 11) is 1.42. The summed E-state index contributed by atoms with van der Waals surface area (Å²) in [4.78, 5) is 26.3. The van der Waals surface area contributed by atoms with E-state index in [9.17, 15) is 19.1 Å². The zero-order valence-electron chi connectivity index (χ0n) is 15.4. The first kappa shape index (κ1) is 20.4. The zero-order valence-corrected chi connectivity index (χ0v) is 17.0. The summed E-state index contributed by atoms with van der Waals surface area (Å²) in [5, 5.41) is 17.3. The van der Waals surface area contributed by atoms with Gasteiger partial charge in [0, 0.05) is 23.6 Å². The molecule has 0 spiro atoms. The largest absolute Gasteiger partial charge is 0.385 e. The van der Waals surface area contributed by atoms with Crippen molar-refractivity contribution in [2.24, 2.45) is 12.8 Å². The van der Waals surface area contributed by atoms with E-state index in [0.29, 0.717) is 10.9 Å². The van der Waals surface area contributed by atoms with Crippen LogP contribution >= 0.6 is 15.9 Å². The van der Waals surface area contributed by atoms with E-state index in [-0.39, 0.29) is 30.2 Å². The molecule has 2 heterocycles. The summed E-state index contributed by atoms with van der Waals surface area (Å²) in [5.41, 5.74) is 4.46. The van der Waals surface area contributed by atoms with E-state index in [2.05, 4.69) is 26.3 Å². The normalized spacial score (nSPS) is 16.4. The number of aryl methyl sites for hydroxylation is 1. The monoisotopic (exact) mass is 453 g/mol. The van der Waals surface area contributed by atoms with Crippen molar-refractivity contribution < 1.29 is 14.3 Å². The lowest BCUT2D eigenvalue weighted by atomic mass is 9.85. The van der Waals surface area contributed by atoms with Crippen LogP contribution in [0.25, 0.3) is 0 Å². The standard InChI is InChI=1S/C18H21BrFN5O3/c1-3-14(21)18(28)8-25(9-18)17(27)16-13(7-15(26)24(2)23-16)22-12-5-4-10(19)6-11(12)20/h4-7,14,22,28H,3,8-9,21H2,1-2H3. The fourth-order valence-electron chi connectivity index (χ4n) is 3.05. The second-order valence-electron chi connectivity index (χ2n) is 6.90. The van der Waals surface area contributed by atoms with Crippen LogP contribution in [0.1, 0.15) is 23.8 Å². The second-order valence-corrected chi connectivity index (χ2v) is 7.81. The Labute approximate surface area is 169 Å². The molecule has 0 radical (unpaired) electrons. The van der Waals surface area contributed by atoms with Gasteiger partial charge < -0.3 is 21.1 Å². The van der Waals surface area contributed by atoms with Gasteiger partial charge in [-0.05, 0) is 24.6 Å². The smallest absolute Gasteiger partial charge is 0.276 e. The molecule has 150 valence electrons. The minimum Gasteiger partial charge on any atom is -0.385 e. The minimum absolute atomic E-state index is 0.0449. The maximum absolute atomic E-state index is 14.2. The number of amides is 1. The van der Waals surface area contributed by atoms with E-state index in [1.165, 1.54) is 30.1 Å². The molecule has 1 atom stereocenters. The number of hydrogen-bond acceptors (Lipinski definition) is 6. The molecular formula is C18H21BrFN5O3. The van der Waals surface area contributed by atoms with Crippen LogP contribution < -0.4 is 16.6 Å². The van der Waals surface area contributed by atoms with Crippen LogP contribution in [0, 0.1) is 5.82 Å². The molecule has 8 nitrogen and oxygen atoms in total. The number of rotatable bonds is 5. The molecule has 1 saturated heterocycles. The molecule has 1 aliphatic heterocycles. The predicted molar refractivity (Wildman–Crippen MR) is 106 cm³/mol. The van der Waals surface area contributed by atoms with Crippen molar-refractivity contribution in [2.45, 2.75) is 25.0 Å². The fourth-order valence-corrected chi connectivity index (χ4v) is 3.38. The average molecular weight is 454 g/mol. The van der Waals surface area contributed by atoms with E-state index in [0.717, 1.165) is 4.68 Å². The zero-order chi connectivity index (χ0) is 20.6. The number of nitrogens with two attached hydrogens (primary N) is 1. The van der Waals surface area contributed by atoms with Gasteiger partial charge in [0.25, 0.3) is 11.5 Å². The summed E-state index contributed by atoms with van der Waals surface area (Å²) in [5.74, 6) is -1.04. The van der Waals surface area contributed by atoms with Crippen LogP contribution in [0.3, 0.4) is 0 Å². The lowest BCUT2D eigenvalue weighted by Crippen LogP contribution is -2.70. The number of aliphatic hydroxyl groups is 1. The molecule has 10 heteroatoms. The Hall–Kier alpha value is -2.30. The highest BCUT2D eigenvalue weighted by atomic mass is 79.9. The predicted octanol–water partition coefficient (Wildman–Crippen LogP) is 1.35. The molecule has 0 saturated carbocycles. The number of benzene rings is 1. The van der Waals surface area contributed by atoms with Crippen LogP contribution in [-0.4, -0.2) is 50.4 Å². The molecular weight excluding hydrogens is 433 g/mol. The Kier molecular flexibility index (Phi) is 5.55. The molecule has 1 aliphatic rings. The quantitative estimate of drug-likeness (QED) is 0.629. The van der Waals surface area contributed by atoms with E-state index >= 15 is 0 Å². The highest BCUT2D eigenvalue weighted by Gasteiger charge is 2.48. The molecule has 2 aromatic rings. The molecule has 1 unspecified atom stereocenters. The summed E-state index contributed by atoms with van der Waals surface area (Å²) < 4.78 is 15.8. The molecule has 4 N–H and O–H groups in total. The Morgan fingerprint density at radius 3 is 2.71 bits per heavy atom. The summed E-state index contributed by atoms with van der Waals surface area (Å²) in [6, 6.07) is 5.11. The lowest BCUT2D eigenvalue weighted by Gasteiger charge is -2.49. The van der Waals surface area contributed by atoms with Crippen molar-refractivity contribution in [2.75, 3.05) is 18.4 Å². The topological polar surface area (TPSA) is 113 Å². The molecule has 1 aromatic carbocycles. The lowest BCUT2D eigenvalue weighted by molar-refractivity contribution is -0.0973. The molecule has 28 heavy (non-hydrogen) atoms. The van der Waals surface area contributed by atoms with E-state index in [1.54, 1.807) is 6.07 Å². The Balaban J connectivity index is 1.90. The summed E-state index contributed by atoms with van der Waals surface area (Å²) in [6.45, 7) is 1.99. The highest BCUT2D eigenvalue weighted by molar-refractivity contribution is 9.10. The van der Waals surface area contributed by atoms with Gasteiger partial charge in [-0.2, -0.15) is 5.10 Å². The fraction of sp³-hybridized carbons (Fsp3) is 0.389. The first-order valence-electron chi connectivity index (χ1n) is 8.72. The first-order chi connectivity index (χ1) is 13.1. The van der Waals surface area contributed by atoms with Gasteiger partial charge in [-0.15, -0.1) is 0 Å². The number of halogens is 2. The summed E-state index contributed by atoms with van der Waals surface area (Å²) in [6.07, 6.45) is 0.576. The number of anilines is 2. The van der Waals surface area contributed by atoms with E-state index in [1.807, 2.05) is 6.92 Å². The van der Waals surface area contributed by atoms with Crippen molar-refractivity contribution in [1.82, 2.24) is 14.7 Å². The van der Waals surface area contributed by atoms with Crippen LogP contribution in [0.15, 0.2) is 33.5 Å². The molecule has 1 fully saturated rings. The van der Waals surface area contributed by atoms with Gasteiger partial charge in [0.1, 0.15) is 11.4 Å². The third-order valence-corrected chi connectivity index (χ3v) is 5.33. The van der Waals surface area contributed by atoms with Gasteiger partial charge in [-0.25, -0.2) is 9.07 Å². The van der Waals surface area contributed by atoms with Crippen molar-refractivity contribution in [1.29, 1.82) is 0 Å². The van der Waals surface area contributed by atoms with Crippen molar-refractivity contribution in [3.63, 3.8) is 0 Å². The summed E-state index contributed by atoms with van der Waals surface area (Å²) >= 11 is 3.18. The third kappa shape index (κ3) is 3.80. The molecule has 1 amide bonds. The Bertz CT molecular complexity index is 974. The maximum Gasteiger partial charge on any atom is 0.276 e. The van der Waals surface area contributed by atoms with Crippen LogP contribution in [0.4, 0.5) is 15.8 Å². The van der Waals surface area contributed by atoms with Gasteiger partial charge in [0.05, 0.1) is 24.5 Å². The van der Waals surface area contributed by atoms with Crippen molar-refractivity contribution in [3.05, 3.63) is 50.6 Å². The molecule has 3 rings (SSSR count). The molecule has 0 bridgehead atoms. The number of aromatic nitrogens is 2. The Morgan fingerprint density at radius 2 is 2.11 bits per heavy atom. The van der Waals surface area contributed by atoms with E-state index in [4.69, 9.17) is 5.73 Å². The van der Waals surface area contributed by atoms with Crippen LogP contribution in [0.2, 0.25) is 0 Å². The molecule has 0 aliphatic carbocycles. The molecule has 1 aromatic heterocycles. The number of β-amino-alcohol motifs (C(OH)–C–C–N with tert-alkyl or cyclic N) is 1. The van der Waals surface area contributed by atoms with Gasteiger partial charge in [0.15, 0.2) is 5.69 Å². The third-order valence-electron chi connectivity index (χ3n) is 4.84. The maximum atomic E-state index is 14.2. The van der Waals surface area contributed by atoms with Crippen molar-refractivity contribution in [3.8, 4) is 0 Å². The van der Waals surface area contributed by atoms with Crippen molar-refractivity contribution >= 4 is 33.2 Å². The van der Waals surface area contributed by atoms with Gasteiger partial charge in [-0.3, -0.25) is 9.59 Å². The number of carbonyl (C=O) groups excluding carboxylic acids is 1. The van der Waals surface area contributed by atoms with Gasteiger partial charge in [-0.1, -0.05) is 22.9 Å². The first-order valence-corrected chi connectivity index (χ1v) is 9.51.